The lowest BCUT2D eigenvalue weighted by atomic mass is 10.2. The molecule has 0 saturated heterocycles. The fourth-order valence-corrected chi connectivity index (χ4v) is 2.37. The Morgan fingerprint density at radius 2 is 1.62 bits per heavy atom. The van der Waals surface area contributed by atoms with Crippen LogP contribution in [0.2, 0.25) is 0 Å². The van der Waals surface area contributed by atoms with E-state index in [2.05, 4.69) is 15.6 Å². The summed E-state index contributed by atoms with van der Waals surface area (Å²) in [4.78, 5) is 16.6. The summed E-state index contributed by atoms with van der Waals surface area (Å²) in [5.74, 6) is 1.16. The van der Waals surface area contributed by atoms with Gasteiger partial charge in [0.2, 0.25) is 0 Å². The standard InChI is InChI=1S/C20H19N3O3/c1-25-17-8-6-14(7-9-17)22-16-10-11-21-19(13-16)20(24)23-15-4-3-5-18(12-15)26-2/h3-13H,1-2H3,(H,21,22)(H,23,24). The van der Waals surface area contributed by atoms with E-state index < -0.39 is 0 Å². The summed E-state index contributed by atoms with van der Waals surface area (Å²) in [6.45, 7) is 0. The van der Waals surface area contributed by atoms with Crippen LogP contribution >= 0.6 is 0 Å². The third-order valence-electron chi connectivity index (χ3n) is 3.70. The fraction of sp³-hybridized carbons (Fsp3) is 0.100. The molecule has 132 valence electrons. The van der Waals surface area contributed by atoms with Crippen molar-refractivity contribution in [3.05, 3.63) is 72.6 Å². The summed E-state index contributed by atoms with van der Waals surface area (Å²) in [5, 5.41) is 6.05. The summed E-state index contributed by atoms with van der Waals surface area (Å²) in [6, 6.07) is 18.2. The number of ether oxygens (including phenoxy) is 2. The number of benzene rings is 2. The minimum atomic E-state index is -0.295. The third kappa shape index (κ3) is 4.30. The minimum Gasteiger partial charge on any atom is -0.497 e. The predicted molar refractivity (Wildman–Crippen MR) is 101 cm³/mol. The number of hydrogen-bond acceptors (Lipinski definition) is 5. The molecule has 3 aromatic rings. The van der Waals surface area contributed by atoms with Crippen molar-refractivity contribution in [2.45, 2.75) is 0 Å². The van der Waals surface area contributed by atoms with E-state index >= 15 is 0 Å². The van der Waals surface area contributed by atoms with Crippen molar-refractivity contribution in [2.75, 3.05) is 24.9 Å². The molecule has 1 aromatic heterocycles. The third-order valence-corrected chi connectivity index (χ3v) is 3.70. The van der Waals surface area contributed by atoms with Crippen molar-refractivity contribution in [3.8, 4) is 11.5 Å². The Morgan fingerprint density at radius 1 is 0.846 bits per heavy atom. The smallest absolute Gasteiger partial charge is 0.274 e. The molecule has 6 heteroatoms. The molecule has 0 aliphatic heterocycles. The Labute approximate surface area is 151 Å². The molecule has 0 saturated carbocycles. The lowest BCUT2D eigenvalue weighted by molar-refractivity contribution is 0.102. The first kappa shape index (κ1) is 17.3. The van der Waals surface area contributed by atoms with Gasteiger partial charge in [-0.3, -0.25) is 9.78 Å². The second kappa shape index (κ2) is 8.02. The average molecular weight is 349 g/mol. The zero-order chi connectivity index (χ0) is 18.4. The van der Waals surface area contributed by atoms with Gasteiger partial charge in [-0.1, -0.05) is 6.07 Å². The maximum absolute atomic E-state index is 12.4. The number of methoxy groups -OCH3 is 2. The highest BCUT2D eigenvalue weighted by Crippen LogP contribution is 2.21. The molecule has 2 aromatic carbocycles. The largest absolute Gasteiger partial charge is 0.497 e. The van der Waals surface area contributed by atoms with E-state index in [1.807, 2.05) is 36.4 Å². The fourth-order valence-electron chi connectivity index (χ4n) is 2.37. The van der Waals surface area contributed by atoms with Gasteiger partial charge in [-0.15, -0.1) is 0 Å². The second-order valence-corrected chi connectivity index (χ2v) is 5.47. The van der Waals surface area contributed by atoms with Crippen LogP contribution in [0, 0.1) is 0 Å². The molecule has 26 heavy (non-hydrogen) atoms. The number of rotatable bonds is 6. The molecule has 0 aliphatic rings. The Balaban J connectivity index is 1.72. The van der Waals surface area contributed by atoms with Gasteiger partial charge in [-0.2, -0.15) is 0 Å². The van der Waals surface area contributed by atoms with Crippen molar-refractivity contribution in [1.29, 1.82) is 0 Å². The predicted octanol–water partition coefficient (Wildman–Crippen LogP) is 4.09. The normalized spacial score (nSPS) is 10.1. The Kier molecular flexibility index (Phi) is 5.34. The highest BCUT2D eigenvalue weighted by atomic mass is 16.5. The van der Waals surface area contributed by atoms with Gasteiger partial charge in [-0.25, -0.2) is 0 Å². The van der Waals surface area contributed by atoms with Gasteiger partial charge in [-0.05, 0) is 48.5 Å². The van der Waals surface area contributed by atoms with E-state index in [0.717, 1.165) is 17.1 Å². The molecule has 0 spiro atoms. The molecule has 0 unspecified atom stereocenters. The van der Waals surface area contributed by atoms with Crippen LogP contribution in [0.3, 0.4) is 0 Å². The molecule has 0 radical (unpaired) electrons. The number of nitrogens with zero attached hydrogens (tertiary/aromatic N) is 1. The molecule has 1 amide bonds. The van der Waals surface area contributed by atoms with Gasteiger partial charge in [0.1, 0.15) is 17.2 Å². The van der Waals surface area contributed by atoms with Gasteiger partial charge < -0.3 is 20.1 Å². The lowest BCUT2D eigenvalue weighted by Gasteiger charge is -2.10. The average Bonchev–Trinajstić information content (AvgIpc) is 2.69. The first-order valence-corrected chi connectivity index (χ1v) is 8.00. The quantitative estimate of drug-likeness (QED) is 0.701. The Bertz CT molecular complexity index is 895. The van der Waals surface area contributed by atoms with Crippen molar-refractivity contribution < 1.29 is 14.3 Å². The van der Waals surface area contributed by atoms with Crippen LogP contribution < -0.4 is 20.1 Å². The second-order valence-electron chi connectivity index (χ2n) is 5.47. The lowest BCUT2D eigenvalue weighted by Crippen LogP contribution is -2.13. The summed E-state index contributed by atoms with van der Waals surface area (Å²) >= 11 is 0. The van der Waals surface area contributed by atoms with Crippen LogP contribution in [-0.4, -0.2) is 25.1 Å². The summed E-state index contributed by atoms with van der Waals surface area (Å²) in [5.41, 5.74) is 2.60. The number of aromatic nitrogens is 1. The molecule has 2 N–H and O–H groups in total. The molecule has 3 rings (SSSR count). The molecule has 0 atom stereocenters. The number of amides is 1. The van der Waals surface area contributed by atoms with E-state index in [9.17, 15) is 4.79 Å². The molecule has 0 fully saturated rings. The van der Waals surface area contributed by atoms with E-state index in [0.29, 0.717) is 17.1 Å². The number of nitrogens with one attached hydrogen (secondary N) is 2. The van der Waals surface area contributed by atoms with Crippen molar-refractivity contribution in [3.63, 3.8) is 0 Å². The number of carbonyl (C=O) groups is 1. The van der Waals surface area contributed by atoms with Crippen molar-refractivity contribution in [1.82, 2.24) is 4.98 Å². The van der Waals surface area contributed by atoms with Crippen LogP contribution in [0.5, 0.6) is 11.5 Å². The zero-order valence-corrected chi connectivity index (χ0v) is 14.5. The number of pyridine rings is 1. The van der Waals surface area contributed by atoms with Gasteiger partial charge in [0.15, 0.2) is 0 Å². The molecular weight excluding hydrogens is 330 g/mol. The number of hydrogen-bond donors (Lipinski definition) is 2. The molecule has 1 heterocycles. The maximum Gasteiger partial charge on any atom is 0.274 e. The highest BCUT2D eigenvalue weighted by molar-refractivity contribution is 6.03. The number of anilines is 3. The first-order chi connectivity index (χ1) is 12.7. The SMILES string of the molecule is COc1ccc(Nc2ccnc(C(=O)Nc3cccc(OC)c3)c2)cc1. The van der Waals surface area contributed by atoms with E-state index in [4.69, 9.17) is 9.47 Å². The molecule has 0 bridgehead atoms. The van der Waals surface area contributed by atoms with Crippen LogP contribution in [0.15, 0.2) is 66.9 Å². The Morgan fingerprint density at radius 3 is 2.35 bits per heavy atom. The minimum absolute atomic E-state index is 0.295. The first-order valence-electron chi connectivity index (χ1n) is 8.00. The topological polar surface area (TPSA) is 72.5 Å². The van der Waals surface area contributed by atoms with Gasteiger partial charge in [0.25, 0.3) is 5.91 Å². The van der Waals surface area contributed by atoms with Crippen LogP contribution in [0.1, 0.15) is 10.5 Å². The van der Waals surface area contributed by atoms with Gasteiger partial charge in [0.05, 0.1) is 14.2 Å². The summed E-state index contributed by atoms with van der Waals surface area (Å²) in [7, 11) is 3.20. The van der Waals surface area contributed by atoms with Crippen LogP contribution in [0.25, 0.3) is 0 Å². The van der Waals surface area contributed by atoms with Gasteiger partial charge >= 0.3 is 0 Å². The summed E-state index contributed by atoms with van der Waals surface area (Å²) < 4.78 is 10.3. The van der Waals surface area contributed by atoms with Gasteiger partial charge in [0, 0.05) is 29.3 Å². The maximum atomic E-state index is 12.4. The van der Waals surface area contributed by atoms with Crippen LogP contribution in [0.4, 0.5) is 17.1 Å². The molecular formula is C20H19N3O3. The van der Waals surface area contributed by atoms with E-state index in [1.54, 1.807) is 44.7 Å². The van der Waals surface area contributed by atoms with Crippen molar-refractivity contribution >= 4 is 23.0 Å². The monoisotopic (exact) mass is 349 g/mol. The van der Waals surface area contributed by atoms with Crippen LogP contribution in [-0.2, 0) is 0 Å². The molecule has 6 nitrogen and oxygen atoms in total. The highest BCUT2D eigenvalue weighted by Gasteiger charge is 2.09. The van der Waals surface area contributed by atoms with Crippen molar-refractivity contribution in [2.24, 2.45) is 0 Å². The Hall–Kier alpha value is -3.54. The number of carbonyl (C=O) groups excluding carboxylic acids is 1. The van der Waals surface area contributed by atoms with E-state index in [1.165, 1.54) is 0 Å². The summed E-state index contributed by atoms with van der Waals surface area (Å²) in [6.07, 6.45) is 1.59. The molecule has 0 aliphatic carbocycles. The zero-order valence-electron chi connectivity index (χ0n) is 14.5. The van der Waals surface area contributed by atoms with E-state index in [-0.39, 0.29) is 5.91 Å².